The summed E-state index contributed by atoms with van der Waals surface area (Å²) in [6.07, 6.45) is 0.625. The highest BCUT2D eigenvalue weighted by Crippen LogP contribution is 2.10. The van der Waals surface area contributed by atoms with Gasteiger partial charge in [0.05, 0.1) is 12.2 Å². The summed E-state index contributed by atoms with van der Waals surface area (Å²) in [7, 11) is 0. The first kappa shape index (κ1) is 7.78. The number of ether oxygens (including phenoxy) is 1. The lowest BCUT2D eigenvalue weighted by Gasteiger charge is -2.02. The Morgan fingerprint density at radius 3 is 2.91 bits per heavy atom. The minimum absolute atomic E-state index is 0.0413. The summed E-state index contributed by atoms with van der Waals surface area (Å²) in [4.78, 5) is 10.1. The van der Waals surface area contributed by atoms with Crippen molar-refractivity contribution in [3.05, 3.63) is 11.8 Å². The second-order valence-electron chi connectivity index (χ2n) is 2.35. The summed E-state index contributed by atoms with van der Waals surface area (Å²) in [6.45, 7) is 3.74. The molecule has 0 unspecified atom stereocenters. The number of aldehydes is 1. The summed E-state index contributed by atoms with van der Waals surface area (Å²) >= 11 is 0. The zero-order chi connectivity index (χ0) is 8.27. The van der Waals surface area contributed by atoms with Crippen LogP contribution in [0, 0.1) is 0 Å². The van der Waals surface area contributed by atoms with Crippen molar-refractivity contribution in [1.82, 2.24) is 5.16 Å². The molecule has 1 rings (SSSR count). The van der Waals surface area contributed by atoms with Gasteiger partial charge in [0.2, 0.25) is 5.76 Å². The first-order valence-corrected chi connectivity index (χ1v) is 3.31. The van der Waals surface area contributed by atoms with E-state index in [-0.39, 0.29) is 11.9 Å². The zero-order valence-corrected chi connectivity index (χ0v) is 6.40. The summed E-state index contributed by atoms with van der Waals surface area (Å²) in [5.41, 5.74) is 0. The van der Waals surface area contributed by atoms with Gasteiger partial charge in [-0.1, -0.05) is 0 Å². The van der Waals surface area contributed by atoms with Crippen molar-refractivity contribution < 1.29 is 14.1 Å². The van der Waals surface area contributed by atoms with Crippen molar-refractivity contribution in [2.24, 2.45) is 0 Å². The fourth-order valence-electron chi connectivity index (χ4n) is 0.625. The van der Waals surface area contributed by atoms with Gasteiger partial charge in [0.15, 0.2) is 6.29 Å². The van der Waals surface area contributed by atoms with Crippen LogP contribution in [0.25, 0.3) is 0 Å². The van der Waals surface area contributed by atoms with Crippen LogP contribution in [-0.2, 0) is 0 Å². The molecule has 1 aromatic rings. The molecule has 1 aromatic heterocycles. The van der Waals surface area contributed by atoms with Crippen molar-refractivity contribution in [3.63, 3.8) is 0 Å². The Hall–Kier alpha value is -1.32. The van der Waals surface area contributed by atoms with Crippen LogP contribution in [0.2, 0.25) is 0 Å². The lowest BCUT2D eigenvalue weighted by atomic mass is 10.4. The molecule has 0 aliphatic heterocycles. The van der Waals surface area contributed by atoms with Crippen molar-refractivity contribution in [1.29, 1.82) is 0 Å². The monoisotopic (exact) mass is 155 g/mol. The molecule has 0 fully saturated rings. The lowest BCUT2D eigenvalue weighted by molar-refractivity contribution is 0.109. The van der Waals surface area contributed by atoms with Crippen LogP contribution < -0.4 is 4.74 Å². The van der Waals surface area contributed by atoms with Gasteiger partial charge in [-0.15, -0.1) is 0 Å². The highest BCUT2D eigenvalue weighted by atomic mass is 16.5. The fraction of sp³-hybridized carbons (Fsp3) is 0.429. The number of hydrogen-bond acceptors (Lipinski definition) is 4. The normalized spacial score (nSPS) is 10.1. The molecule has 11 heavy (non-hydrogen) atoms. The second kappa shape index (κ2) is 3.18. The Morgan fingerprint density at radius 2 is 2.45 bits per heavy atom. The minimum atomic E-state index is 0.0413. The molecule has 0 spiro atoms. The maximum atomic E-state index is 10.1. The van der Waals surface area contributed by atoms with E-state index in [0.29, 0.717) is 12.2 Å². The van der Waals surface area contributed by atoms with E-state index in [1.54, 1.807) is 0 Å². The predicted octanol–water partition coefficient (Wildman–Crippen LogP) is 1.27. The Morgan fingerprint density at radius 1 is 1.73 bits per heavy atom. The Balaban J connectivity index is 2.65. The van der Waals surface area contributed by atoms with E-state index in [1.165, 1.54) is 6.07 Å². The van der Waals surface area contributed by atoms with E-state index >= 15 is 0 Å². The number of aromatic nitrogens is 1. The van der Waals surface area contributed by atoms with Crippen molar-refractivity contribution in [2.45, 2.75) is 20.0 Å². The van der Waals surface area contributed by atoms with E-state index in [4.69, 9.17) is 4.74 Å². The number of carbonyl (C=O) groups is 1. The molecule has 1 heterocycles. The number of nitrogens with zero attached hydrogens (tertiary/aromatic N) is 1. The van der Waals surface area contributed by atoms with Crippen LogP contribution in [0.15, 0.2) is 10.6 Å². The van der Waals surface area contributed by atoms with Gasteiger partial charge in [0, 0.05) is 0 Å². The molecule has 0 bridgehead atoms. The molecule has 60 valence electrons. The average molecular weight is 155 g/mol. The molecule has 0 aliphatic rings. The van der Waals surface area contributed by atoms with Gasteiger partial charge in [-0.3, -0.25) is 4.79 Å². The van der Waals surface area contributed by atoms with Gasteiger partial charge in [-0.25, -0.2) is 0 Å². The molecule has 0 amide bonds. The van der Waals surface area contributed by atoms with Gasteiger partial charge in [0.25, 0.3) is 5.88 Å². The van der Waals surface area contributed by atoms with Gasteiger partial charge in [-0.2, -0.15) is 0 Å². The van der Waals surface area contributed by atoms with Crippen molar-refractivity contribution in [3.8, 4) is 5.88 Å². The first-order valence-electron chi connectivity index (χ1n) is 3.31. The van der Waals surface area contributed by atoms with E-state index in [9.17, 15) is 4.79 Å². The number of hydrogen-bond donors (Lipinski definition) is 0. The minimum Gasteiger partial charge on any atom is -0.473 e. The SMILES string of the molecule is CC(C)Oc1cc(C=O)on1. The van der Waals surface area contributed by atoms with Gasteiger partial charge >= 0.3 is 0 Å². The topological polar surface area (TPSA) is 52.3 Å². The summed E-state index contributed by atoms with van der Waals surface area (Å²) in [6, 6.07) is 1.45. The van der Waals surface area contributed by atoms with Crippen LogP contribution in [0.3, 0.4) is 0 Å². The maximum Gasteiger partial charge on any atom is 0.255 e. The van der Waals surface area contributed by atoms with E-state index in [1.807, 2.05) is 13.8 Å². The third kappa shape index (κ3) is 2.07. The van der Waals surface area contributed by atoms with Crippen LogP contribution >= 0.6 is 0 Å². The molecule has 4 heteroatoms. The lowest BCUT2D eigenvalue weighted by Crippen LogP contribution is -2.05. The van der Waals surface area contributed by atoms with E-state index in [2.05, 4.69) is 9.68 Å². The van der Waals surface area contributed by atoms with Crippen LogP contribution in [-0.4, -0.2) is 17.5 Å². The van der Waals surface area contributed by atoms with Gasteiger partial charge in [0.1, 0.15) is 0 Å². The highest BCUT2D eigenvalue weighted by molar-refractivity contribution is 5.70. The molecular weight excluding hydrogens is 146 g/mol. The van der Waals surface area contributed by atoms with Crippen LogP contribution in [0.4, 0.5) is 0 Å². The third-order valence-electron chi connectivity index (χ3n) is 0.979. The zero-order valence-electron chi connectivity index (χ0n) is 6.40. The molecule has 0 N–H and O–H groups in total. The quantitative estimate of drug-likeness (QED) is 0.617. The largest absolute Gasteiger partial charge is 0.473 e. The van der Waals surface area contributed by atoms with Crippen molar-refractivity contribution in [2.75, 3.05) is 0 Å². The first-order chi connectivity index (χ1) is 5.22. The molecule has 0 atom stereocenters. The van der Waals surface area contributed by atoms with Crippen LogP contribution in [0.5, 0.6) is 5.88 Å². The second-order valence-corrected chi connectivity index (χ2v) is 2.35. The van der Waals surface area contributed by atoms with E-state index in [0.717, 1.165) is 0 Å². The standard InChI is InChI=1S/C7H9NO3/c1-5(2)10-7-3-6(4-9)11-8-7/h3-5H,1-2H3. The molecule has 4 nitrogen and oxygen atoms in total. The maximum absolute atomic E-state index is 10.1. The number of rotatable bonds is 3. The summed E-state index contributed by atoms with van der Waals surface area (Å²) in [5, 5.41) is 3.50. The molecule has 0 saturated carbocycles. The molecule has 0 aliphatic carbocycles. The smallest absolute Gasteiger partial charge is 0.255 e. The highest BCUT2D eigenvalue weighted by Gasteiger charge is 2.04. The van der Waals surface area contributed by atoms with Gasteiger partial charge in [-0.05, 0) is 19.0 Å². The number of carbonyl (C=O) groups excluding carboxylic acids is 1. The third-order valence-corrected chi connectivity index (χ3v) is 0.979. The Kier molecular flexibility index (Phi) is 2.25. The Labute approximate surface area is 64.1 Å². The molecule has 0 aromatic carbocycles. The van der Waals surface area contributed by atoms with E-state index < -0.39 is 0 Å². The predicted molar refractivity (Wildman–Crippen MR) is 37.7 cm³/mol. The van der Waals surface area contributed by atoms with Gasteiger partial charge < -0.3 is 9.26 Å². The van der Waals surface area contributed by atoms with Crippen molar-refractivity contribution >= 4 is 6.29 Å². The summed E-state index contributed by atoms with van der Waals surface area (Å²) < 4.78 is 9.70. The summed E-state index contributed by atoms with van der Waals surface area (Å²) in [5.74, 6) is 0.530. The molecule has 0 radical (unpaired) electrons. The molecular formula is C7H9NO3. The average Bonchev–Trinajstić information content (AvgIpc) is 2.34. The fourth-order valence-corrected chi connectivity index (χ4v) is 0.625. The van der Waals surface area contributed by atoms with Crippen LogP contribution in [0.1, 0.15) is 24.4 Å². The Bertz CT molecular complexity index is 242. The molecule has 0 saturated heterocycles.